The van der Waals surface area contributed by atoms with Crippen LogP contribution in [0.2, 0.25) is 0 Å². The molecule has 0 aromatic rings. The van der Waals surface area contributed by atoms with E-state index in [1.54, 1.807) is 0 Å². The first-order valence-electron chi connectivity index (χ1n) is 7.44. The van der Waals surface area contributed by atoms with Crippen molar-refractivity contribution in [2.45, 2.75) is 57.3 Å². The largest absolute Gasteiger partial charge is 0.376 e. The highest BCUT2D eigenvalue weighted by molar-refractivity contribution is 4.75. The topological polar surface area (TPSA) is 39.7 Å². The summed E-state index contributed by atoms with van der Waals surface area (Å²) in [7, 11) is 0. The molecule has 2 aliphatic rings. The lowest BCUT2D eigenvalue weighted by atomic mass is 10.2. The van der Waals surface area contributed by atoms with Crippen LogP contribution in [-0.2, 0) is 14.2 Å². The van der Waals surface area contributed by atoms with Gasteiger partial charge in [0.2, 0.25) is 0 Å². The average molecular weight is 257 g/mol. The maximum absolute atomic E-state index is 5.94. The standard InChI is InChI=1S/C14H27NO3/c1-2-7-15-9-12-5-6-14(18-12)11-16-10-13-4-3-8-17-13/h12-15H,2-11H2,1H3. The summed E-state index contributed by atoms with van der Waals surface area (Å²) in [5, 5.41) is 3.41. The van der Waals surface area contributed by atoms with E-state index < -0.39 is 0 Å². The van der Waals surface area contributed by atoms with Gasteiger partial charge in [0.1, 0.15) is 0 Å². The number of nitrogens with one attached hydrogen (secondary N) is 1. The van der Waals surface area contributed by atoms with Gasteiger partial charge in [0.25, 0.3) is 0 Å². The summed E-state index contributed by atoms with van der Waals surface area (Å²) in [6.07, 6.45) is 6.80. The molecule has 0 aliphatic carbocycles. The van der Waals surface area contributed by atoms with Crippen molar-refractivity contribution in [3.8, 4) is 0 Å². The second kappa shape index (κ2) is 8.10. The van der Waals surface area contributed by atoms with Crippen LogP contribution in [0.3, 0.4) is 0 Å². The third-order valence-corrected chi connectivity index (χ3v) is 3.63. The Morgan fingerprint density at radius 2 is 1.94 bits per heavy atom. The maximum Gasteiger partial charge on any atom is 0.0813 e. The van der Waals surface area contributed by atoms with Gasteiger partial charge < -0.3 is 19.5 Å². The van der Waals surface area contributed by atoms with Gasteiger partial charge in [-0.2, -0.15) is 0 Å². The first-order chi connectivity index (χ1) is 8.88. The van der Waals surface area contributed by atoms with E-state index in [0.29, 0.717) is 18.3 Å². The van der Waals surface area contributed by atoms with Crippen molar-refractivity contribution in [1.82, 2.24) is 5.32 Å². The molecule has 2 fully saturated rings. The lowest BCUT2D eigenvalue weighted by Gasteiger charge is -2.16. The number of hydrogen-bond donors (Lipinski definition) is 1. The van der Waals surface area contributed by atoms with Gasteiger partial charge in [-0.1, -0.05) is 6.92 Å². The molecule has 2 aliphatic heterocycles. The molecule has 106 valence electrons. The molecule has 0 radical (unpaired) electrons. The predicted molar refractivity (Wildman–Crippen MR) is 70.8 cm³/mol. The average Bonchev–Trinajstić information content (AvgIpc) is 3.01. The lowest BCUT2D eigenvalue weighted by molar-refractivity contribution is -0.0406. The van der Waals surface area contributed by atoms with Crippen LogP contribution in [-0.4, -0.2) is 51.2 Å². The molecule has 18 heavy (non-hydrogen) atoms. The van der Waals surface area contributed by atoms with Crippen LogP contribution in [0.5, 0.6) is 0 Å². The molecule has 3 unspecified atom stereocenters. The fourth-order valence-electron chi connectivity index (χ4n) is 2.60. The third kappa shape index (κ3) is 4.84. The van der Waals surface area contributed by atoms with Crippen molar-refractivity contribution in [1.29, 1.82) is 0 Å². The summed E-state index contributed by atoms with van der Waals surface area (Å²) >= 11 is 0. The van der Waals surface area contributed by atoms with Crippen LogP contribution in [0.25, 0.3) is 0 Å². The SMILES string of the molecule is CCCNCC1CCC(COCC2CCCO2)O1. The van der Waals surface area contributed by atoms with Crippen LogP contribution < -0.4 is 5.32 Å². The maximum atomic E-state index is 5.94. The minimum Gasteiger partial charge on any atom is -0.376 e. The Hall–Kier alpha value is -0.160. The van der Waals surface area contributed by atoms with Crippen molar-refractivity contribution < 1.29 is 14.2 Å². The molecule has 4 nitrogen and oxygen atoms in total. The summed E-state index contributed by atoms with van der Waals surface area (Å²) < 4.78 is 17.2. The van der Waals surface area contributed by atoms with Crippen LogP contribution in [0, 0.1) is 0 Å². The van der Waals surface area contributed by atoms with E-state index in [9.17, 15) is 0 Å². The van der Waals surface area contributed by atoms with E-state index in [4.69, 9.17) is 14.2 Å². The zero-order valence-corrected chi connectivity index (χ0v) is 11.5. The molecule has 2 rings (SSSR count). The Labute approximate surface area is 110 Å². The van der Waals surface area contributed by atoms with Crippen molar-refractivity contribution in [2.75, 3.05) is 32.9 Å². The van der Waals surface area contributed by atoms with E-state index in [1.807, 2.05) is 0 Å². The Balaban J connectivity index is 1.49. The second-order valence-electron chi connectivity index (χ2n) is 5.33. The van der Waals surface area contributed by atoms with Crippen molar-refractivity contribution in [3.63, 3.8) is 0 Å². The molecule has 0 spiro atoms. The predicted octanol–water partition coefficient (Wildman–Crippen LogP) is 1.73. The zero-order chi connectivity index (χ0) is 12.6. The Morgan fingerprint density at radius 3 is 2.72 bits per heavy atom. The van der Waals surface area contributed by atoms with Gasteiger partial charge >= 0.3 is 0 Å². The minimum absolute atomic E-state index is 0.292. The van der Waals surface area contributed by atoms with Crippen LogP contribution in [0.15, 0.2) is 0 Å². The van der Waals surface area contributed by atoms with Gasteiger partial charge in [-0.25, -0.2) is 0 Å². The normalized spacial score (nSPS) is 32.2. The molecule has 0 aromatic carbocycles. The highest BCUT2D eigenvalue weighted by Gasteiger charge is 2.25. The van der Waals surface area contributed by atoms with Gasteiger partial charge in [-0.3, -0.25) is 0 Å². The first kappa shape index (κ1) is 14.3. The van der Waals surface area contributed by atoms with E-state index in [1.165, 1.54) is 12.8 Å². The monoisotopic (exact) mass is 257 g/mol. The molecule has 3 atom stereocenters. The van der Waals surface area contributed by atoms with Gasteiger partial charge in [0.15, 0.2) is 0 Å². The molecule has 0 bridgehead atoms. The van der Waals surface area contributed by atoms with Crippen LogP contribution >= 0.6 is 0 Å². The van der Waals surface area contributed by atoms with E-state index in [-0.39, 0.29) is 0 Å². The summed E-state index contributed by atoms with van der Waals surface area (Å²) in [6.45, 7) is 6.61. The summed E-state index contributed by atoms with van der Waals surface area (Å²) in [4.78, 5) is 0. The van der Waals surface area contributed by atoms with Crippen molar-refractivity contribution in [3.05, 3.63) is 0 Å². The zero-order valence-electron chi connectivity index (χ0n) is 11.5. The van der Waals surface area contributed by atoms with Crippen molar-refractivity contribution in [2.24, 2.45) is 0 Å². The minimum atomic E-state index is 0.292. The fourth-order valence-corrected chi connectivity index (χ4v) is 2.60. The van der Waals surface area contributed by atoms with Crippen LogP contribution in [0.1, 0.15) is 39.0 Å². The summed E-state index contributed by atoms with van der Waals surface area (Å²) in [5.41, 5.74) is 0. The van der Waals surface area contributed by atoms with Gasteiger partial charge in [-0.15, -0.1) is 0 Å². The molecule has 0 amide bonds. The fraction of sp³-hybridized carbons (Fsp3) is 1.00. The van der Waals surface area contributed by atoms with E-state index in [2.05, 4.69) is 12.2 Å². The molecule has 2 heterocycles. The molecular weight excluding hydrogens is 230 g/mol. The Morgan fingerprint density at radius 1 is 1.11 bits per heavy atom. The molecule has 2 saturated heterocycles. The highest BCUT2D eigenvalue weighted by Crippen LogP contribution is 2.20. The smallest absolute Gasteiger partial charge is 0.0813 e. The first-order valence-corrected chi connectivity index (χ1v) is 7.44. The summed E-state index contributed by atoms with van der Waals surface area (Å²) in [5.74, 6) is 0. The quantitative estimate of drug-likeness (QED) is 0.672. The third-order valence-electron chi connectivity index (χ3n) is 3.63. The lowest BCUT2D eigenvalue weighted by Crippen LogP contribution is -2.28. The second-order valence-corrected chi connectivity index (χ2v) is 5.33. The van der Waals surface area contributed by atoms with E-state index in [0.717, 1.165) is 52.2 Å². The molecule has 0 saturated carbocycles. The molecule has 1 N–H and O–H groups in total. The Bertz CT molecular complexity index is 219. The molecule has 4 heteroatoms. The van der Waals surface area contributed by atoms with Gasteiger partial charge in [0, 0.05) is 13.2 Å². The van der Waals surface area contributed by atoms with Crippen LogP contribution in [0.4, 0.5) is 0 Å². The Kier molecular flexibility index (Phi) is 6.41. The number of rotatable bonds is 8. The van der Waals surface area contributed by atoms with Gasteiger partial charge in [0.05, 0.1) is 31.5 Å². The summed E-state index contributed by atoms with van der Waals surface area (Å²) in [6, 6.07) is 0. The van der Waals surface area contributed by atoms with E-state index >= 15 is 0 Å². The molecule has 0 aromatic heterocycles. The molecular formula is C14H27NO3. The highest BCUT2D eigenvalue weighted by atomic mass is 16.6. The number of ether oxygens (including phenoxy) is 3. The van der Waals surface area contributed by atoms with Crippen molar-refractivity contribution >= 4 is 0 Å². The van der Waals surface area contributed by atoms with Gasteiger partial charge in [-0.05, 0) is 38.6 Å². The number of hydrogen-bond acceptors (Lipinski definition) is 4.